The van der Waals surface area contributed by atoms with Gasteiger partial charge in [-0.1, -0.05) is 375 Å². The molecule has 0 aliphatic carbocycles. The van der Waals surface area contributed by atoms with Gasteiger partial charge in [-0.2, -0.15) is 0 Å². The zero-order valence-corrected chi connectivity index (χ0v) is 85.0. The van der Waals surface area contributed by atoms with Crippen LogP contribution in [0.25, 0.3) is 0 Å². The summed E-state index contributed by atoms with van der Waals surface area (Å²) in [5, 5.41) is 0. The predicted molar refractivity (Wildman–Crippen MR) is 528 cm³/mol. The number of fused-ring (bicyclic) bond motifs is 2. The van der Waals surface area contributed by atoms with Gasteiger partial charge in [0.05, 0.1) is 45.1 Å². The maximum absolute atomic E-state index is 6.66. The van der Waals surface area contributed by atoms with Crippen molar-refractivity contribution in [3.05, 3.63) is 289 Å². The lowest BCUT2D eigenvalue weighted by atomic mass is 9.73. The number of hydrogen-bond acceptors (Lipinski definition) is 12. The molecular weight excluding hydrogens is 1640 g/mol. The summed E-state index contributed by atoms with van der Waals surface area (Å²) < 4.78 is 76.6. The van der Waals surface area contributed by atoms with Crippen molar-refractivity contribution in [2.75, 3.05) is 46.8 Å². The van der Waals surface area contributed by atoms with Gasteiger partial charge in [-0.05, 0) is 170 Å². The molecule has 13 rings (SSSR count). The smallest absolute Gasteiger partial charge is 0.426 e. The third-order valence-electron chi connectivity index (χ3n) is 25.2. The topological polar surface area (TPSA) is 111 Å². The molecule has 0 N–H and O–H groups in total. The molecule has 0 aromatic heterocycles. The van der Waals surface area contributed by atoms with Gasteiger partial charge in [-0.3, -0.25) is 4.52 Å². The Bertz CT molecular complexity index is 4840. The van der Waals surface area contributed by atoms with Crippen molar-refractivity contribution in [2.24, 2.45) is 28.6 Å². The quantitative estimate of drug-likeness (QED) is 0.0457. The first-order valence-electron chi connectivity index (χ1n) is 46.3. The predicted octanol–water partition coefficient (Wildman–Crippen LogP) is 31.5. The van der Waals surface area contributed by atoms with E-state index in [0.717, 1.165) is 111 Å². The van der Waals surface area contributed by atoms with Gasteiger partial charge in [0, 0.05) is 63.0 Å². The fourth-order valence-electron chi connectivity index (χ4n) is 17.2. The van der Waals surface area contributed by atoms with Gasteiger partial charge >= 0.3 is 34.4 Å². The monoisotopic (exact) mass is 1790 g/mol. The second kappa shape index (κ2) is 42.8. The number of unbranched alkanes of at least 4 members (excludes halogenated alkanes) is 1. The summed E-state index contributed by atoms with van der Waals surface area (Å²) in [4.78, 5) is 0. The van der Waals surface area contributed by atoms with Crippen LogP contribution < -0.4 is 22.6 Å². The maximum atomic E-state index is 6.66. The molecule has 1 spiro atoms. The molecule has 3 saturated heterocycles. The molecule has 0 saturated carbocycles. The van der Waals surface area contributed by atoms with Gasteiger partial charge in [0.25, 0.3) is 0 Å². The Balaban J connectivity index is 0.000000201. The molecule has 3 fully saturated rings. The van der Waals surface area contributed by atoms with E-state index in [2.05, 4.69) is 374 Å². The standard InChI is InChI=1S/C53H58O6P2.C30H45O3P.C27H47O3P/c1-50(2,42-24-13-8-14-25-42)45-30-32-48(41(34-45)23-19-22-40-20-11-7-12-21-40)58-60-54-36-53(37-55-60)38-56-61(57-39-53)59-49-33-31-46(51(3,4)43-26-15-9-16-27-43)35-47(49)52(5,6)44-28-17-10-18-29-44;1-19(2)12-21-14-23-18-24-15-22(13-20(3)4)17-26(30(8,9)10)28(24)33-34(31-11)32-27(23)25(16-21)29(5,6)7;1-11-13-14-27(12-2)18-28-31(29-19-27)30-24-22(25(5,6)7)16-21(15-20(3)4)17-23(24)26(8,9)10/h7-18,20-21,24-35H,19,22-23,36-39H2,1-6H3;14-17,19-20H,12-13,18H2,1-11H3;16-17,20H,11-15,18-19H2,1-10H3. The summed E-state index contributed by atoms with van der Waals surface area (Å²) >= 11 is 0. The van der Waals surface area contributed by atoms with Gasteiger partial charge in [0.1, 0.15) is 28.7 Å². The first-order valence-corrected chi connectivity index (χ1v) is 50.7. The number of hydrogen-bond donors (Lipinski definition) is 0. The van der Waals surface area contributed by atoms with Crippen molar-refractivity contribution in [1.82, 2.24) is 0 Å². The third-order valence-corrected chi connectivity index (χ3v) is 29.2. The molecule has 126 heavy (non-hydrogen) atoms. The van der Waals surface area contributed by atoms with E-state index in [4.69, 9.17) is 54.3 Å². The second-order valence-electron chi connectivity index (χ2n) is 42.7. The second-order valence-corrected chi connectivity index (χ2v) is 47.3. The molecule has 0 amide bonds. The van der Waals surface area contributed by atoms with Crippen LogP contribution in [0.5, 0.6) is 28.7 Å². The summed E-state index contributed by atoms with van der Waals surface area (Å²) in [6, 6.07) is 69.8. The van der Waals surface area contributed by atoms with Crippen molar-refractivity contribution in [2.45, 2.75) is 289 Å². The van der Waals surface area contributed by atoms with E-state index in [0.29, 0.717) is 44.2 Å². The van der Waals surface area contributed by atoms with Crippen molar-refractivity contribution in [3.63, 3.8) is 0 Å². The van der Waals surface area contributed by atoms with Crippen LogP contribution in [0, 0.1) is 28.6 Å². The normalized spacial score (nSPS) is 19.1. The Hall–Kier alpha value is -6.58. The van der Waals surface area contributed by atoms with Gasteiger partial charge in [0.2, 0.25) is 0 Å². The number of benzene rings is 9. The average Bonchev–Trinajstić information content (AvgIpc) is 0.768. The largest absolute Gasteiger partial charge is 0.462 e. The summed E-state index contributed by atoms with van der Waals surface area (Å²) in [5.74, 6) is 6.21. The Morgan fingerprint density at radius 3 is 1.13 bits per heavy atom. The number of aryl methyl sites for hydroxylation is 2. The summed E-state index contributed by atoms with van der Waals surface area (Å²) in [5.41, 5.74) is 20.1. The van der Waals surface area contributed by atoms with Crippen LogP contribution in [0.15, 0.2) is 194 Å². The lowest BCUT2D eigenvalue weighted by molar-refractivity contribution is -0.0673. The third kappa shape index (κ3) is 26.0. The minimum absolute atomic E-state index is 0.0260. The first kappa shape index (κ1) is 100.0. The molecule has 4 aliphatic rings. The van der Waals surface area contributed by atoms with Gasteiger partial charge in [0.15, 0.2) is 0 Å². The lowest BCUT2D eigenvalue weighted by Gasteiger charge is -2.41. The maximum Gasteiger partial charge on any atom is 0.462 e. The Morgan fingerprint density at radius 1 is 0.349 bits per heavy atom. The lowest BCUT2D eigenvalue weighted by Crippen LogP contribution is -2.45. The van der Waals surface area contributed by atoms with Crippen molar-refractivity contribution >= 4 is 34.4 Å². The van der Waals surface area contributed by atoms with Crippen LogP contribution in [-0.4, -0.2) is 46.8 Å². The molecule has 4 heterocycles. The van der Waals surface area contributed by atoms with Crippen LogP contribution in [0.1, 0.15) is 307 Å². The molecule has 0 radical (unpaired) electrons. The van der Waals surface area contributed by atoms with Crippen LogP contribution >= 0.6 is 34.4 Å². The van der Waals surface area contributed by atoms with Crippen LogP contribution in [0.3, 0.4) is 0 Å². The van der Waals surface area contributed by atoms with E-state index < -0.39 is 39.8 Å². The van der Waals surface area contributed by atoms with Crippen LogP contribution in [0.2, 0.25) is 0 Å². The molecule has 16 heteroatoms. The van der Waals surface area contributed by atoms with E-state index in [-0.39, 0.29) is 43.3 Å². The fraction of sp³-hybridized carbons (Fsp3) is 0.509. The van der Waals surface area contributed by atoms with Crippen molar-refractivity contribution in [1.29, 1.82) is 0 Å². The average molecular weight is 1790 g/mol. The van der Waals surface area contributed by atoms with E-state index >= 15 is 0 Å². The Labute approximate surface area is 765 Å². The van der Waals surface area contributed by atoms with E-state index in [1.165, 1.54) is 96.3 Å². The van der Waals surface area contributed by atoms with E-state index in [9.17, 15) is 0 Å². The molecule has 0 bridgehead atoms. The number of rotatable bonds is 27. The highest BCUT2D eigenvalue weighted by Gasteiger charge is 2.47. The fourth-order valence-corrected chi connectivity index (χ4v) is 21.9. The van der Waals surface area contributed by atoms with E-state index in [1.54, 1.807) is 7.11 Å². The first-order chi connectivity index (χ1) is 59.4. The SMILES string of the molecule is CC(C)(c1ccccc1)c1ccc(OP2OCC3(CO2)COP(Oc2ccc(C(C)(C)c4ccccc4)cc2C(C)(C)c2ccccc2)OC3)c(CCCc2ccccc2)c1.CCCCC1(CC)COP(Oc2c(C(C)(C)C)cc(CC(C)C)cc2C(C)(C)C)OC1.COP1Oc2c(cc(CC(C)C)cc2C(C)(C)C)Cc2cc(CC(C)C)cc(C(C)(C)C)c2O1. The molecule has 682 valence electrons. The molecule has 0 atom stereocenters. The molecule has 12 nitrogen and oxygen atoms in total. The van der Waals surface area contributed by atoms with Gasteiger partial charge in [-0.25, -0.2) is 0 Å². The van der Waals surface area contributed by atoms with Crippen molar-refractivity contribution < 1.29 is 54.3 Å². The molecule has 4 aliphatic heterocycles. The highest BCUT2D eigenvalue weighted by Crippen LogP contribution is 2.58. The molecule has 9 aromatic rings. The molecule has 0 unspecified atom stereocenters. The van der Waals surface area contributed by atoms with Crippen LogP contribution in [-0.2, 0) is 108 Å². The molecular formula is C110H150O12P4. The van der Waals surface area contributed by atoms with E-state index in [1.807, 2.05) is 0 Å². The van der Waals surface area contributed by atoms with Gasteiger partial charge in [-0.15, -0.1) is 0 Å². The minimum atomic E-state index is -1.66. The minimum Gasteiger partial charge on any atom is -0.426 e. The highest BCUT2D eigenvalue weighted by molar-refractivity contribution is 7.43. The summed E-state index contributed by atoms with van der Waals surface area (Å²) in [6.07, 6.45) is 11.5. The Kier molecular flexibility index (Phi) is 33.9. The Morgan fingerprint density at radius 2 is 0.722 bits per heavy atom. The van der Waals surface area contributed by atoms with Crippen LogP contribution in [0.4, 0.5) is 0 Å². The summed E-state index contributed by atoms with van der Waals surface area (Å²) in [6.45, 7) is 62.0. The zero-order valence-electron chi connectivity index (χ0n) is 81.4. The van der Waals surface area contributed by atoms with Gasteiger partial charge < -0.3 is 49.8 Å². The zero-order chi connectivity index (χ0) is 91.4. The highest BCUT2D eigenvalue weighted by atomic mass is 31.2. The summed E-state index contributed by atoms with van der Waals surface area (Å²) in [7, 11) is -4.54. The van der Waals surface area contributed by atoms with Crippen molar-refractivity contribution in [3.8, 4) is 28.7 Å². The molecule has 9 aromatic carbocycles.